The molecule has 1 aliphatic rings. The fraction of sp³-hybridized carbons (Fsp3) is 0.929. The molecular formula is C14H30N2O2. The number of aliphatic hydroxyl groups is 1. The second-order valence-electron chi connectivity index (χ2n) is 5.09. The number of aliphatic hydroxyl groups excluding tert-OH is 1. The number of hydrogen-bond donors (Lipinski definition) is 3. The lowest BCUT2D eigenvalue weighted by Crippen LogP contribution is -2.37. The van der Waals surface area contributed by atoms with Crippen molar-refractivity contribution >= 4 is 5.91 Å². The minimum absolute atomic E-state index is 0.211. The van der Waals surface area contributed by atoms with E-state index in [0.717, 1.165) is 31.6 Å². The molecular weight excluding hydrogens is 228 g/mol. The van der Waals surface area contributed by atoms with Crippen LogP contribution >= 0.6 is 0 Å². The molecule has 4 nitrogen and oxygen atoms in total. The Morgan fingerprint density at radius 3 is 2.33 bits per heavy atom. The number of amides is 1. The molecule has 0 radical (unpaired) electrons. The fourth-order valence-electron chi connectivity index (χ4n) is 2.13. The van der Waals surface area contributed by atoms with Gasteiger partial charge in [0.2, 0.25) is 5.91 Å². The van der Waals surface area contributed by atoms with Gasteiger partial charge in [-0.2, -0.15) is 0 Å². The van der Waals surface area contributed by atoms with Crippen molar-refractivity contribution in [2.45, 2.75) is 64.8 Å². The number of nitrogens with two attached hydrogens (primary N) is 1. The molecule has 0 aromatic heterocycles. The van der Waals surface area contributed by atoms with Gasteiger partial charge in [-0.25, -0.2) is 0 Å². The first kappa shape index (κ1) is 17.4. The molecule has 1 aliphatic carbocycles. The second kappa shape index (κ2) is 11.5. The zero-order valence-corrected chi connectivity index (χ0v) is 12.0. The summed E-state index contributed by atoms with van der Waals surface area (Å²) in [7, 11) is 0. The standard InChI is InChI=1S/C12H24N2O.C2H6O/c1-10-5-7-11(8-6-10)14-12(15)4-2-3-9-13;1-2-3/h10-11H,2-9,13H2,1H3,(H,14,15);3H,2H2,1H3. The lowest BCUT2D eigenvalue weighted by molar-refractivity contribution is -0.122. The largest absolute Gasteiger partial charge is 0.397 e. The molecule has 1 saturated carbocycles. The molecule has 1 rings (SSSR count). The van der Waals surface area contributed by atoms with Gasteiger partial charge < -0.3 is 16.2 Å². The number of hydrogen-bond acceptors (Lipinski definition) is 3. The Morgan fingerprint density at radius 2 is 1.83 bits per heavy atom. The van der Waals surface area contributed by atoms with Crippen LogP contribution in [0.15, 0.2) is 0 Å². The van der Waals surface area contributed by atoms with E-state index in [0.29, 0.717) is 19.0 Å². The van der Waals surface area contributed by atoms with Crippen LogP contribution in [0.25, 0.3) is 0 Å². The smallest absolute Gasteiger partial charge is 0.220 e. The highest BCUT2D eigenvalue weighted by molar-refractivity contribution is 5.76. The lowest BCUT2D eigenvalue weighted by Gasteiger charge is -2.26. The average molecular weight is 258 g/mol. The Bertz CT molecular complexity index is 202. The van der Waals surface area contributed by atoms with E-state index < -0.39 is 0 Å². The predicted molar refractivity (Wildman–Crippen MR) is 75.2 cm³/mol. The SMILES string of the molecule is CC1CCC(NC(=O)CCCCN)CC1.CCO. The van der Waals surface area contributed by atoms with Gasteiger partial charge in [0.1, 0.15) is 0 Å². The summed E-state index contributed by atoms with van der Waals surface area (Å²) in [5.74, 6) is 1.05. The summed E-state index contributed by atoms with van der Waals surface area (Å²) in [6.07, 6.45) is 7.35. The zero-order chi connectivity index (χ0) is 13.8. The van der Waals surface area contributed by atoms with Crippen molar-refractivity contribution in [2.75, 3.05) is 13.2 Å². The minimum Gasteiger partial charge on any atom is -0.397 e. The lowest BCUT2D eigenvalue weighted by atomic mass is 9.87. The molecule has 4 N–H and O–H groups in total. The Hall–Kier alpha value is -0.610. The van der Waals surface area contributed by atoms with Crippen molar-refractivity contribution < 1.29 is 9.90 Å². The molecule has 0 bridgehead atoms. The quantitative estimate of drug-likeness (QED) is 0.658. The van der Waals surface area contributed by atoms with Gasteiger partial charge >= 0.3 is 0 Å². The van der Waals surface area contributed by atoms with Crippen LogP contribution in [0.1, 0.15) is 58.8 Å². The molecule has 108 valence electrons. The van der Waals surface area contributed by atoms with Crippen LogP contribution in [0.4, 0.5) is 0 Å². The van der Waals surface area contributed by atoms with Gasteiger partial charge in [0.05, 0.1) is 0 Å². The van der Waals surface area contributed by atoms with E-state index in [4.69, 9.17) is 10.8 Å². The summed E-state index contributed by atoms with van der Waals surface area (Å²) in [4.78, 5) is 11.5. The zero-order valence-electron chi connectivity index (χ0n) is 12.0. The van der Waals surface area contributed by atoms with E-state index >= 15 is 0 Å². The van der Waals surface area contributed by atoms with Crippen LogP contribution in [0.3, 0.4) is 0 Å². The van der Waals surface area contributed by atoms with E-state index in [9.17, 15) is 4.79 Å². The molecule has 0 aromatic carbocycles. The van der Waals surface area contributed by atoms with Gasteiger partial charge in [-0.15, -0.1) is 0 Å². The molecule has 0 unspecified atom stereocenters. The second-order valence-corrected chi connectivity index (χ2v) is 5.09. The van der Waals surface area contributed by atoms with Crippen LogP contribution in [0.5, 0.6) is 0 Å². The molecule has 0 aliphatic heterocycles. The molecule has 0 saturated heterocycles. The third-order valence-corrected chi connectivity index (χ3v) is 3.24. The number of carbonyl (C=O) groups is 1. The molecule has 1 amide bonds. The van der Waals surface area contributed by atoms with E-state index in [-0.39, 0.29) is 12.5 Å². The highest BCUT2D eigenvalue weighted by atomic mass is 16.2. The van der Waals surface area contributed by atoms with Crippen molar-refractivity contribution in [1.29, 1.82) is 0 Å². The first-order valence-electron chi connectivity index (χ1n) is 7.24. The summed E-state index contributed by atoms with van der Waals surface area (Å²) >= 11 is 0. The molecule has 0 aromatic rings. The monoisotopic (exact) mass is 258 g/mol. The summed E-state index contributed by atoms with van der Waals surface area (Å²) in [5, 5.41) is 10.7. The molecule has 0 heterocycles. The summed E-state index contributed by atoms with van der Waals surface area (Å²) in [5.41, 5.74) is 5.38. The van der Waals surface area contributed by atoms with Gasteiger partial charge in [0.15, 0.2) is 0 Å². The van der Waals surface area contributed by atoms with Crippen LogP contribution in [0.2, 0.25) is 0 Å². The van der Waals surface area contributed by atoms with Gasteiger partial charge in [0, 0.05) is 19.1 Å². The molecule has 18 heavy (non-hydrogen) atoms. The van der Waals surface area contributed by atoms with E-state index in [1.54, 1.807) is 6.92 Å². The van der Waals surface area contributed by atoms with Gasteiger partial charge in [0.25, 0.3) is 0 Å². The van der Waals surface area contributed by atoms with Gasteiger partial charge in [-0.05, 0) is 57.9 Å². The van der Waals surface area contributed by atoms with Crippen molar-refractivity contribution in [2.24, 2.45) is 11.7 Å². The molecule has 4 heteroatoms. The van der Waals surface area contributed by atoms with E-state index in [1.807, 2.05) is 0 Å². The van der Waals surface area contributed by atoms with Crippen LogP contribution in [0, 0.1) is 5.92 Å². The summed E-state index contributed by atoms with van der Waals surface area (Å²) in [6, 6.07) is 0.437. The maximum absolute atomic E-state index is 11.5. The van der Waals surface area contributed by atoms with Crippen LogP contribution < -0.4 is 11.1 Å². The molecule has 0 spiro atoms. The van der Waals surface area contributed by atoms with Crippen molar-refractivity contribution in [1.82, 2.24) is 5.32 Å². The van der Waals surface area contributed by atoms with Crippen molar-refractivity contribution in [3.8, 4) is 0 Å². The van der Waals surface area contributed by atoms with E-state index in [2.05, 4.69) is 12.2 Å². The average Bonchev–Trinajstić information content (AvgIpc) is 2.33. The Kier molecular flexibility index (Phi) is 11.1. The minimum atomic E-state index is 0.211. The Morgan fingerprint density at radius 1 is 1.28 bits per heavy atom. The van der Waals surface area contributed by atoms with Gasteiger partial charge in [-0.1, -0.05) is 6.92 Å². The van der Waals surface area contributed by atoms with Crippen molar-refractivity contribution in [3.05, 3.63) is 0 Å². The van der Waals surface area contributed by atoms with Gasteiger partial charge in [-0.3, -0.25) is 4.79 Å². The first-order chi connectivity index (χ1) is 8.63. The first-order valence-corrected chi connectivity index (χ1v) is 7.24. The molecule has 0 atom stereocenters. The highest BCUT2D eigenvalue weighted by Gasteiger charge is 2.19. The highest BCUT2D eigenvalue weighted by Crippen LogP contribution is 2.23. The third-order valence-electron chi connectivity index (χ3n) is 3.24. The third kappa shape index (κ3) is 9.42. The predicted octanol–water partition coefficient (Wildman–Crippen LogP) is 1.81. The van der Waals surface area contributed by atoms with Crippen molar-refractivity contribution in [3.63, 3.8) is 0 Å². The number of rotatable bonds is 5. The summed E-state index contributed by atoms with van der Waals surface area (Å²) < 4.78 is 0. The maximum Gasteiger partial charge on any atom is 0.220 e. The Balaban J connectivity index is 0.000000873. The van der Waals surface area contributed by atoms with Crippen LogP contribution in [-0.4, -0.2) is 30.2 Å². The normalized spacial score (nSPS) is 22.9. The number of nitrogens with one attached hydrogen (secondary N) is 1. The number of carbonyl (C=O) groups excluding carboxylic acids is 1. The number of unbranched alkanes of at least 4 members (excludes halogenated alkanes) is 1. The topological polar surface area (TPSA) is 75.4 Å². The summed E-state index contributed by atoms with van der Waals surface area (Å²) in [6.45, 7) is 4.91. The fourth-order valence-corrected chi connectivity index (χ4v) is 2.13. The molecule has 1 fully saturated rings. The maximum atomic E-state index is 11.5. The van der Waals surface area contributed by atoms with E-state index in [1.165, 1.54) is 12.8 Å². The van der Waals surface area contributed by atoms with Crippen LogP contribution in [-0.2, 0) is 4.79 Å². The Labute approximate surface area is 111 Å².